The molecule has 4 rings (SSSR count). The number of nitrogens with zero attached hydrogens (tertiary/aromatic N) is 1. The molecule has 27 heavy (non-hydrogen) atoms. The van der Waals surface area contributed by atoms with Gasteiger partial charge in [0.1, 0.15) is 10.6 Å². The van der Waals surface area contributed by atoms with Gasteiger partial charge in [0.05, 0.1) is 11.3 Å². The average Bonchev–Trinajstić information content (AvgIpc) is 3.32. The summed E-state index contributed by atoms with van der Waals surface area (Å²) in [4.78, 5) is 38.0. The van der Waals surface area contributed by atoms with Crippen LogP contribution >= 0.6 is 22.9 Å². The highest BCUT2D eigenvalue weighted by Gasteiger charge is 2.52. The smallest absolute Gasteiger partial charge is 0.344 e. The van der Waals surface area contributed by atoms with Gasteiger partial charge in [0.15, 0.2) is 5.54 Å². The van der Waals surface area contributed by atoms with E-state index in [2.05, 4.69) is 10.7 Å². The molecule has 7 nitrogen and oxygen atoms in total. The molecule has 138 valence electrons. The van der Waals surface area contributed by atoms with Crippen molar-refractivity contribution in [1.82, 2.24) is 15.8 Å². The molecule has 0 aliphatic carbocycles. The van der Waals surface area contributed by atoms with Gasteiger partial charge in [0.2, 0.25) is 0 Å². The third kappa shape index (κ3) is 2.60. The first-order valence-electron chi connectivity index (χ1n) is 8.02. The molecule has 9 heteroatoms. The Hall–Kier alpha value is -2.84. The van der Waals surface area contributed by atoms with Gasteiger partial charge >= 0.3 is 6.03 Å². The van der Waals surface area contributed by atoms with E-state index in [4.69, 9.17) is 16.0 Å². The number of aryl methyl sites for hydroxylation is 1. The summed E-state index contributed by atoms with van der Waals surface area (Å²) < 4.78 is 6.11. The molecular weight excluding hydrogens is 390 g/mol. The van der Waals surface area contributed by atoms with E-state index in [-0.39, 0.29) is 10.6 Å². The Morgan fingerprint density at radius 1 is 1.30 bits per heavy atom. The van der Waals surface area contributed by atoms with E-state index in [1.54, 1.807) is 12.1 Å². The van der Waals surface area contributed by atoms with E-state index in [9.17, 15) is 14.4 Å². The monoisotopic (exact) mass is 403 g/mol. The van der Waals surface area contributed by atoms with Crippen LogP contribution < -0.4 is 10.7 Å². The number of rotatable bonds is 3. The summed E-state index contributed by atoms with van der Waals surface area (Å²) in [5, 5.41) is 4.27. The number of fused-ring (bicyclic) bond motifs is 1. The van der Waals surface area contributed by atoms with Gasteiger partial charge in [-0.2, -0.15) is 5.01 Å². The fraction of sp³-hybridized carbons (Fsp3) is 0.167. The molecule has 1 aliphatic rings. The van der Waals surface area contributed by atoms with Crippen molar-refractivity contribution in [1.29, 1.82) is 0 Å². The second-order valence-corrected chi connectivity index (χ2v) is 7.74. The summed E-state index contributed by atoms with van der Waals surface area (Å²) in [6.07, 6.45) is 1.40. The number of nitrogens with one attached hydrogen (secondary N) is 2. The van der Waals surface area contributed by atoms with Gasteiger partial charge in [-0.05, 0) is 37.6 Å². The molecule has 0 bridgehead atoms. The Morgan fingerprint density at radius 2 is 2.07 bits per heavy atom. The van der Waals surface area contributed by atoms with Crippen LogP contribution in [0.4, 0.5) is 4.79 Å². The summed E-state index contributed by atoms with van der Waals surface area (Å²) >= 11 is 7.58. The fourth-order valence-corrected chi connectivity index (χ4v) is 4.61. The van der Waals surface area contributed by atoms with E-state index in [1.807, 2.05) is 25.1 Å². The van der Waals surface area contributed by atoms with Crippen molar-refractivity contribution >= 4 is 50.9 Å². The van der Waals surface area contributed by atoms with Crippen LogP contribution in [0.3, 0.4) is 0 Å². The molecule has 1 aliphatic heterocycles. The van der Waals surface area contributed by atoms with Gasteiger partial charge in [-0.25, -0.2) is 4.79 Å². The van der Waals surface area contributed by atoms with Crippen molar-refractivity contribution in [2.45, 2.75) is 19.4 Å². The van der Waals surface area contributed by atoms with Gasteiger partial charge in [0, 0.05) is 10.1 Å². The van der Waals surface area contributed by atoms with E-state index in [1.165, 1.54) is 24.5 Å². The molecule has 1 saturated heterocycles. The number of furan rings is 1. The van der Waals surface area contributed by atoms with Gasteiger partial charge < -0.3 is 9.73 Å². The number of hydrogen-bond acceptors (Lipinski definition) is 5. The zero-order chi connectivity index (χ0) is 19.3. The van der Waals surface area contributed by atoms with E-state index in [0.29, 0.717) is 10.0 Å². The van der Waals surface area contributed by atoms with Gasteiger partial charge in [-0.15, -0.1) is 11.3 Å². The van der Waals surface area contributed by atoms with Crippen LogP contribution in [0.2, 0.25) is 5.02 Å². The van der Waals surface area contributed by atoms with Crippen LogP contribution in [0.15, 0.2) is 41.0 Å². The molecule has 2 N–H and O–H groups in total. The largest absolute Gasteiger partial charge is 0.466 e. The van der Waals surface area contributed by atoms with Crippen LogP contribution in [0.25, 0.3) is 10.1 Å². The number of hydrazine groups is 1. The van der Waals surface area contributed by atoms with E-state index >= 15 is 0 Å². The van der Waals surface area contributed by atoms with Crippen molar-refractivity contribution in [3.05, 3.63) is 57.8 Å². The molecule has 4 amide bonds. The van der Waals surface area contributed by atoms with E-state index < -0.39 is 23.4 Å². The third-order valence-corrected chi connectivity index (χ3v) is 6.13. The molecule has 1 aromatic carbocycles. The Bertz CT molecular complexity index is 1090. The molecule has 1 fully saturated rings. The van der Waals surface area contributed by atoms with Gasteiger partial charge in [0.25, 0.3) is 11.8 Å². The fourth-order valence-electron chi connectivity index (χ4n) is 3.04. The standard InChI is InChI=1S/C18H14ClN3O4S/c1-9-5-3-6-10-12(9)13(19)14(27-10)15(23)21-22-16(24)18(2,20-17(22)25)11-7-4-8-26-11/h3-8H,1-2H3,(H,20,25)(H,21,23)/t18-/m1/s1. The maximum Gasteiger partial charge on any atom is 0.344 e. The quantitative estimate of drug-likeness (QED) is 0.654. The first-order chi connectivity index (χ1) is 12.8. The van der Waals surface area contributed by atoms with Crippen molar-refractivity contribution in [2.75, 3.05) is 0 Å². The number of urea groups is 1. The number of amides is 4. The van der Waals surface area contributed by atoms with Crippen molar-refractivity contribution in [3.63, 3.8) is 0 Å². The third-order valence-electron chi connectivity index (χ3n) is 4.49. The second-order valence-electron chi connectivity index (χ2n) is 6.31. The maximum absolute atomic E-state index is 12.8. The molecule has 0 radical (unpaired) electrons. The lowest BCUT2D eigenvalue weighted by molar-refractivity contribution is -0.133. The number of halogens is 1. The summed E-state index contributed by atoms with van der Waals surface area (Å²) in [7, 11) is 0. The highest BCUT2D eigenvalue weighted by Crippen LogP contribution is 2.37. The lowest BCUT2D eigenvalue weighted by Crippen LogP contribution is -2.47. The van der Waals surface area contributed by atoms with Crippen molar-refractivity contribution < 1.29 is 18.8 Å². The zero-order valence-electron chi connectivity index (χ0n) is 14.3. The lowest BCUT2D eigenvalue weighted by atomic mass is 10.00. The summed E-state index contributed by atoms with van der Waals surface area (Å²) in [6, 6.07) is 8.07. The topological polar surface area (TPSA) is 91.7 Å². The number of imide groups is 1. The normalized spacial score (nSPS) is 19.6. The highest BCUT2D eigenvalue weighted by molar-refractivity contribution is 7.21. The van der Waals surface area contributed by atoms with Crippen molar-refractivity contribution in [3.8, 4) is 0 Å². The summed E-state index contributed by atoms with van der Waals surface area (Å²) in [6.45, 7) is 3.41. The molecule has 0 saturated carbocycles. The van der Waals surface area contributed by atoms with Crippen LogP contribution in [-0.2, 0) is 10.3 Å². The molecule has 3 aromatic rings. The number of carbonyl (C=O) groups excluding carboxylic acids is 3. The maximum atomic E-state index is 12.8. The van der Waals surface area contributed by atoms with Crippen LogP contribution in [0.5, 0.6) is 0 Å². The summed E-state index contributed by atoms with van der Waals surface area (Å²) in [5.41, 5.74) is 1.89. The minimum absolute atomic E-state index is 0.230. The number of thiophene rings is 1. The molecule has 3 heterocycles. The Morgan fingerprint density at radius 3 is 2.74 bits per heavy atom. The number of hydrogen-bond donors (Lipinski definition) is 2. The van der Waals surface area contributed by atoms with Crippen LogP contribution in [0.1, 0.15) is 27.9 Å². The SMILES string of the molecule is Cc1cccc2sc(C(=O)NN3C(=O)N[C@](C)(c4ccco4)C3=O)c(Cl)c12. The zero-order valence-corrected chi connectivity index (χ0v) is 15.9. The summed E-state index contributed by atoms with van der Waals surface area (Å²) in [5.74, 6) is -1.01. The minimum Gasteiger partial charge on any atom is -0.466 e. The molecule has 0 unspecified atom stereocenters. The first kappa shape index (κ1) is 17.6. The molecule has 2 aromatic heterocycles. The Kier molecular flexibility index (Phi) is 3.97. The molecule has 0 spiro atoms. The number of carbonyl (C=O) groups is 3. The predicted octanol–water partition coefficient (Wildman–Crippen LogP) is 3.57. The van der Waals surface area contributed by atoms with Crippen LogP contribution in [0, 0.1) is 6.92 Å². The molecule has 1 atom stereocenters. The minimum atomic E-state index is -1.39. The van der Waals surface area contributed by atoms with Gasteiger partial charge in [-0.1, -0.05) is 23.7 Å². The predicted molar refractivity (Wildman–Crippen MR) is 100 cm³/mol. The van der Waals surface area contributed by atoms with Crippen LogP contribution in [-0.4, -0.2) is 22.9 Å². The van der Waals surface area contributed by atoms with Crippen molar-refractivity contribution in [2.24, 2.45) is 0 Å². The van der Waals surface area contributed by atoms with E-state index in [0.717, 1.165) is 15.6 Å². The highest BCUT2D eigenvalue weighted by atomic mass is 35.5. The first-order valence-corrected chi connectivity index (χ1v) is 9.21. The average molecular weight is 404 g/mol. The van der Waals surface area contributed by atoms with Gasteiger partial charge in [-0.3, -0.25) is 15.0 Å². The second kappa shape index (κ2) is 6.11. The number of benzene rings is 1. The molecular formula is C18H14ClN3O4S. The Balaban J connectivity index is 1.64. The Labute approximate surface area is 162 Å². The lowest BCUT2D eigenvalue weighted by Gasteiger charge is -2.18.